The number of aromatic nitrogens is 3. The van der Waals surface area contributed by atoms with E-state index in [0.29, 0.717) is 36.9 Å². The minimum Gasteiger partial charge on any atom is -0.492 e. The van der Waals surface area contributed by atoms with Crippen LogP contribution in [0.25, 0.3) is 4.96 Å². The van der Waals surface area contributed by atoms with E-state index in [1.165, 1.54) is 23.2 Å². The standard InChI is InChI=1S/C24H27N5O3S/c1-3-16-7-9-17(10-8-16)20(21-23(31)29-24(33-21)25-19(4-2)26-29)27-11-13-28(14-12-27)22(30)18-6-5-15-32-18/h5-10,15,20,31H,3-4,11-14H2,1-2H3/t20-/m1/s1. The highest BCUT2D eigenvalue weighted by Gasteiger charge is 2.33. The summed E-state index contributed by atoms with van der Waals surface area (Å²) in [5, 5.41) is 15.5. The number of carbonyl (C=O) groups excluding carboxylic acids is 1. The van der Waals surface area contributed by atoms with Crippen molar-refractivity contribution in [2.24, 2.45) is 0 Å². The zero-order valence-electron chi connectivity index (χ0n) is 18.8. The molecule has 1 fully saturated rings. The summed E-state index contributed by atoms with van der Waals surface area (Å²) in [6.07, 6.45) is 3.21. The lowest BCUT2D eigenvalue weighted by Crippen LogP contribution is -2.49. The van der Waals surface area contributed by atoms with E-state index in [0.717, 1.165) is 29.1 Å². The minimum atomic E-state index is -0.143. The maximum absolute atomic E-state index is 12.7. The zero-order chi connectivity index (χ0) is 22.9. The van der Waals surface area contributed by atoms with E-state index in [2.05, 4.69) is 46.2 Å². The second-order valence-corrected chi connectivity index (χ2v) is 9.18. The summed E-state index contributed by atoms with van der Waals surface area (Å²) in [5.74, 6) is 1.14. The number of nitrogens with zero attached hydrogens (tertiary/aromatic N) is 5. The first-order valence-electron chi connectivity index (χ1n) is 11.3. The molecular formula is C24H27N5O3S. The van der Waals surface area contributed by atoms with Crippen molar-refractivity contribution < 1.29 is 14.3 Å². The Hall–Kier alpha value is -3.17. The number of carbonyl (C=O) groups is 1. The number of hydrogen-bond donors (Lipinski definition) is 1. The van der Waals surface area contributed by atoms with E-state index in [1.54, 1.807) is 16.6 Å². The summed E-state index contributed by atoms with van der Waals surface area (Å²) < 4.78 is 6.83. The molecule has 0 spiro atoms. The van der Waals surface area contributed by atoms with Gasteiger partial charge >= 0.3 is 0 Å². The largest absolute Gasteiger partial charge is 0.492 e. The van der Waals surface area contributed by atoms with Crippen LogP contribution in [0.15, 0.2) is 47.1 Å². The van der Waals surface area contributed by atoms with E-state index in [4.69, 9.17) is 4.42 Å². The van der Waals surface area contributed by atoms with Gasteiger partial charge in [-0.1, -0.05) is 49.4 Å². The van der Waals surface area contributed by atoms with Crippen molar-refractivity contribution in [3.8, 4) is 5.88 Å². The first-order valence-corrected chi connectivity index (χ1v) is 12.1. The lowest BCUT2D eigenvalue weighted by Gasteiger charge is -2.38. The molecule has 0 aliphatic carbocycles. The number of piperazine rings is 1. The van der Waals surface area contributed by atoms with Gasteiger partial charge < -0.3 is 14.4 Å². The molecule has 4 aromatic rings. The van der Waals surface area contributed by atoms with Crippen LogP contribution in [0.4, 0.5) is 0 Å². The summed E-state index contributed by atoms with van der Waals surface area (Å²) in [6.45, 7) is 6.67. The van der Waals surface area contributed by atoms with Crippen molar-refractivity contribution in [1.29, 1.82) is 0 Å². The molecule has 8 nitrogen and oxygen atoms in total. The molecule has 1 aliphatic rings. The van der Waals surface area contributed by atoms with Gasteiger partial charge in [0.15, 0.2) is 11.6 Å². The Morgan fingerprint density at radius 3 is 2.48 bits per heavy atom. The second-order valence-electron chi connectivity index (χ2n) is 8.17. The highest BCUT2D eigenvalue weighted by Crippen LogP contribution is 2.40. The number of thiazole rings is 1. The van der Waals surface area contributed by atoms with Gasteiger partial charge in [0, 0.05) is 32.6 Å². The zero-order valence-corrected chi connectivity index (χ0v) is 19.6. The third-order valence-electron chi connectivity index (χ3n) is 6.21. The van der Waals surface area contributed by atoms with Gasteiger partial charge in [0.1, 0.15) is 0 Å². The number of hydrogen-bond acceptors (Lipinski definition) is 7. The molecule has 172 valence electrons. The van der Waals surface area contributed by atoms with Crippen molar-refractivity contribution in [2.75, 3.05) is 26.2 Å². The predicted octanol–water partition coefficient (Wildman–Crippen LogP) is 3.76. The fourth-order valence-electron chi connectivity index (χ4n) is 4.32. The molecule has 4 heterocycles. The fourth-order valence-corrected chi connectivity index (χ4v) is 5.46. The summed E-state index contributed by atoms with van der Waals surface area (Å²) in [4.78, 5) is 22.9. The minimum absolute atomic E-state index is 0.0859. The van der Waals surface area contributed by atoms with Gasteiger partial charge in [0.2, 0.25) is 10.8 Å². The molecule has 1 amide bonds. The first kappa shape index (κ1) is 21.7. The van der Waals surface area contributed by atoms with Crippen molar-refractivity contribution in [2.45, 2.75) is 32.7 Å². The fraction of sp³-hybridized carbons (Fsp3) is 0.375. The molecule has 1 saturated heterocycles. The van der Waals surface area contributed by atoms with Gasteiger partial charge in [-0.2, -0.15) is 4.52 Å². The Labute approximate surface area is 196 Å². The maximum atomic E-state index is 12.7. The van der Waals surface area contributed by atoms with E-state index in [9.17, 15) is 9.90 Å². The van der Waals surface area contributed by atoms with Crippen LogP contribution in [0.5, 0.6) is 5.88 Å². The SMILES string of the molecule is CCc1ccc([C@H](c2sc3nc(CC)nn3c2O)N2CCN(C(=O)c3ccco3)CC2)cc1. The van der Waals surface area contributed by atoms with E-state index >= 15 is 0 Å². The van der Waals surface area contributed by atoms with Crippen molar-refractivity contribution >= 4 is 22.2 Å². The number of aryl methyl sites for hydroxylation is 2. The first-order chi connectivity index (χ1) is 16.1. The number of benzene rings is 1. The van der Waals surface area contributed by atoms with Crippen molar-refractivity contribution in [1.82, 2.24) is 24.4 Å². The molecule has 0 saturated carbocycles. The average molecular weight is 466 g/mol. The molecule has 1 atom stereocenters. The van der Waals surface area contributed by atoms with Gasteiger partial charge in [-0.05, 0) is 29.7 Å². The van der Waals surface area contributed by atoms with Crippen LogP contribution in [-0.4, -0.2) is 61.6 Å². The number of aromatic hydroxyl groups is 1. The molecule has 1 aromatic carbocycles. The van der Waals surface area contributed by atoms with Crippen LogP contribution < -0.4 is 0 Å². The summed E-state index contributed by atoms with van der Waals surface area (Å²) in [6, 6.07) is 11.8. The third-order valence-corrected chi connectivity index (χ3v) is 7.28. The Kier molecular flexibility index (Phi) is 5.90. The Balaban J connectivity index is 1.45. The lowest BCUT2D eigenvalue weighted by atomic mass is 10.0. The average Bonchev–Trinajstić information content (AvgIpc) is 3.59. The smallest absolute Gasteiger partial charge is 0.289 e. The van der Waals surface area contributed by atoms with Gasteiger partial charge in [0.05, 0.1) is 17.2 Å². The van der Waals surface area contributed by atoms with Crippen molar-refractivity contribution in [3.05, 3.63) is 70.3 Å². The maximum Gasteiger partial charge on any atom is 0.289 e. The molecule has 3 aromatic heterocycles. The quantitative estimate of drug-likeness (QED) is 0.467. The summed E-state index contributed by atoms with van der Waals surface area (Å²) in [7, 11) is 0. The summed E-state index contributed by atoms with van der Waals surface area (Å²) >= 11 is 1.47. The lowest BCUT2D eigenvalue weighted by molar-refractivity contribution is 0.0568. The number of rotatable bonds is 6. The van der Waals surface area contributed by atoms with Crippen LogP contribution >= 0.6 is 11.3 Å². The molecule has 0 radical (unpaired) electrons. The van der Waals surface area contributed by atoms with Gasteiger partial charge in [-0.3, -0.25) is 9.69 Å². The molecule has 0 unspecified atom stereocenters. The highest BCUT2D eigenvalue weighted by molar-refractivity contribution is 7.17. The summed E-state index contributed by atoms with van der Waals surface area (Å²) in [5.41, 5.74) is 2.37. The Bertz CT molecular complexity index is 1240. The van der Waals surface area contributed by atoms with E-state index in [1.807, 2.05) is 11.8 Å². The van der Waals surface area contributed by atoms with Crippen LogP contribution in [-0.2, 0) is 12.8 Å². The van der Waals surface area contributed by atoms with Gasteiger partial charge in [-0.25, -0.2) is 4.98 Å². The Morgan fingerprint density at radius 1 is 1.12 bits per heavy atom. The predicted molar refractivity (Wildman–Crippen MR) is 126 cm³/mol. The van der Waals surface area contributed by atoms with E-state index in [-0.39, 0.29) is 17.8 Å². The van der Waals surface area contributed by atoms with Crippen LogP contribution in [0.3, 0.4) is 0 Å². The number of furan rings is 1. The number of amides is 1. The van der Waals surface area contributed by atoms with Crippen LogP contribution in [0.1, 0.15) is 52.3 Å². The molecule has 1 N–H and O–H groups in total. The molecule has 5 rings (SSSR count). The topological polar surface area (TPSA) is 87.1 Å². The number of fused-ring (bicyclic) bond motifs is 1. The van der Waals surface area contributed by atoms with E-state index < -0.39 is 0 Å². The van der Waals surface area contributed by atoms with Crippen LogP contribution in [0, 0.1) is 0 Å². The van der Waals surface area contributed by atoms with Crippen molar-refractivity contribution in [3.63, 3.8) is 0 Å². The molecule has 9 heteroatoms. The Morgan fingerprint density at radius 2 is 1.88 bits per heavy atom. The normalized spacial score (nSPS) is 15.9. The monoisotopic (exact) mass is 465 g/mol. The highest BCUT2D eigenvalue weighted by atomic mass is 32.1. The molecule has 1 aliphatic heterocycles. The third kappa shape index (κ3) is 4.02. The van der Waals surface area contributed by atoms with Gasteiger partial charge in [-0.15, -0.1) is 5.10 Å². The van der Waals surface area contributed by atoms with Gasteiger partial charge in [0.25, 0.3) is 5.91 Å². The molecule has 0 bridgehead atoms. The second kappa shape index (κ2) is 8.99. The molecular weight excluding hydrogens is 438 g/mol. The van der Waals surface area contributed by atoms with Crippen LogP contribution in [0.2, 0.25) is 0 Å². The molecule has 33 heavy (non-hydrogen) atoms.